The number of fused-ring (bicyclic) bond motifs is 1. The van der Waals surface area contributed by atoms with Crippen LogP contribution in [-0.2, 0) is 9.59 Å². The van der Waals surface area contributed by atoms with E-state index in [1.807, 2.05) is 69.2 Å². The normalized spacial score (nSPS) is 17.0. The van der Waals surface area contributed by atoms with Gasteiger partial charge in [-0.05, 0) is 73.0 Å². The van der Waals surface area contributed by atoms with E-state index in [1.165, 1.54) is 16.2 Å². The van der Waals surface area contributed by atoms with Crippen LogP contribution in [0, 0.1) is 13.8 Å². The van der Waals surface area contributed by atoms with Crippen molar-refractivity contribution >= 4 is 49.8 Å². The van der Waals surface area contributed by atoms with Crippen molar-refractivity contribution in [2.45, 2.75) is 19.9 Å². The van der Waals surface area contributed by atoms with Gasteiger partial charge in [0.1, 0.15) is 11.5 Å². The van der Waals surface area contributed by atoms with Gasteiger partial charge in [0, 0.05) is 25.3 Å². The van der Waals surface area contributed by atoms with E-state index in [0.29, 0.717) is 22.0 Å². The van der Waals surface area contributed by atoms with Gasteiger partial charge in [-0.15, -0.1) is 0 Å². The highest BCUT2D eigenvalue weighted by atomic mass is 32.1. The van der Waals surface area contributed by atoms with Crippen LogP contribution in [-0.4, -0.2) is 43.0 Å². The predicted molar refractivity (Wildman–Crippen MR) is 148 cm³/mol. The van der Waals surface area contributed by atoms with E-state index in [-0.39, 0.29) is 11.3 Å². The maximum absolute atomic E-state index is 13.5. The van der Waals surface area contributed by atoms with E-state index in [0.717, 1.165) is 27.0 Å². The van der Waals surface area contributed by atoms with Crippen molar-refractivity contribution in [3.8, 4) is 5.75 Å². The number of aliphatic hydroxyl groups is 1. The number of aromatic nitrogens is 1. The number of Topliss-reactive ketones (excluding diaryl/α,β-unsaturated/α-hetero) is 1. The molecule has 5 rings (SSSR count). The third-order valence-electron chi connectivity index (χ3n) is 6.56. The quantitative estimate of drug-likeness (QED) is 0.212. The van der Waals surface area contributed by atoms with Crippen molar-refractivity contribution in [2.24, 2.45) is 0 Å². The number of carbonyl (C=O) groups excluding carboxylic acids is 2. The molecule has 1 atom stereocenters. The van der Waals surface area contributed by atoms with E-state index in [2.05, 4.69) is 0 Å². The third-order valence-corrected chi connectivity index (χ3v) is 7.56. The summed E-state index contributed by atoms with van der Waals surface area (Å²) in [6.45, 7) is 3.99. The van der Waals surface area contributed by atoms with Gasteiger partial charge in [0.15, 0.2) is 5.13 Å². The fourth-order valence-corrected chi connectivity index (χ4v) is 5.83. The number of hydrogen-bond acceptors (Lipinski definition) is 7. The van der Waals surface area contributed by atoms with Crippen molar-refractivity contribution in [3.63, 3.8) is 0 Å². The van der Waals surface area contributed by atoms with Gasteiger partial charge in [-0.1, -0.05) is 29.5 Å². The number of methoxy groups -OCH3 is 1. The minimum atomic E-state index is -0.833. The lowest BCUT2D eigenvalue weighted by Gasteiger charge is -2.23. The first kappa shape index (κ1) is 24.5. The Morgan fingerprint density at radius 3 is 2.32 bits per heavy atom. The summed E-state index contributed by atoms with van der Waals surface area (Å²) in [6.07, 6.45) is 0. The molecule has 7 nitrogen and oxygen atoms in total. The smallest absolute Gasteiger partial charge is 0.301 e. The Balaban J connectivity index is 1.71. The highest BCUT2D eigenvalue weighted by molar-refractivity contribution is 7.22. The fraction of sp³-hybridized carbons (Fsp3) is 0.207. The molecule has 0 saturated carbocycles. The van der Waals surface area contributed by atoms with Gasteiger partial charge in [-0.2, -0.15) is 0 Å². The summed E-state index contributed by atoms with van der Waals surface area (Å²) < 4.78 is 6.15. The van der Waals surface area contributed by atoms with Crippen LogP contribution < -0.4 is 14.5 Å². The summed E-state index contributed by atoms with van der Waals surface area (Å²) in [7, 11) is 5.44. The monoisotopic (exact) mass is 513 g/mol. The summed E-state index contributed by atoms with van der Waals surface area (Å²) >= 11 is 1.36. The maximum atomic E-state index is 13.5. The number of anilines is 2. The zero-order valence-electron chi connectivity index (χ0n) is 21.3. The van der Waals surface area contributed by atoms with Crippen molar-refractivity contribution in [2.75, 3.05) is 31.0 Å². The molecule has 1 saturated heterocycles. The van der Waals surface area contributed by atoms with E-state index >= 15 is 0 Å². The summed E-state index contributed by atoms with van der Waals surface area (Å²) in [5.41, 5.74) is 5.01. The third kappa shape index (κ3) is 4.23. The minimum absolute atomic E-state index is 0.0277. The molecule has 1 amide bonds. The standard InChI is InChI=1S/C29H27N3O4S/c1-16-14-17(2)24-22(15-16)37-29(30-24)32-25(18-6-10-20(11-7-18)31(3)4)23(27(34)28(32)35)26(33)19-8-12-21(36-5)13-9-19/h6-15,25,33H,1-5H3. The Labute approximate surface area is 219 Å². The molecule has 1 fully saturated rings. The lowest BCUT2D eigenvalue weighted by Crippen LogP contribution is -2.29. The zero-order chi connectivity index (χ0) is 26.4. The zero-order valence-corrected chi connectivity index (χ0v) is 22.1. The predicted octanol–water partition coefficient (Wildman–Crippen LogP) is 5.61. The molecule has 37 heavy (non-hydrogen) atoms. The summed E-state index contributed by atoms with van der Waals surface area (Å²) in [5.74, 6) is -1.08. The number of benzene rings is 3. The SMILES string of the molecule is COc1ccc(C(O)=C2C(=O)C(=O)N(c3nc4c(C)cc(C)cc4s3)C2c2ccc(N(C)C)cc2)cc1. The van der Waals surface area contributed by atoms with Gasteiger partial charge in [-0.3, -0.25) is 14.5 Å². The van der Waals surface area contributed by atoms with Gasteiger partial charge in [0.25, 0.3) is 5.78 Å². The molecule has 8 heteroatoms. The molecule has 0 aliphatic carbocycles. The second-order valence-corrected chi connectivity index (χ2v) is 10.3. The first-order valence-corrected chi connectivity index (χ1v) is 12.6. The van der Waals surface area contributed by atoms with Gasteiger partial charge in [0.05, 0.1) is 28.9 Å². The molecule has 0 bridgehead atoms. The second kappa shape index (κ2) is 9.37. The number of aliphatic hydroxyl groups excluding tert-OH is 1. The Morgan fingerprint density at radius 1 is 1.03 bits per heavy atom. The highest BCUT2D eigenvalue weighted by Gasteiger charge is 2.48. The number of ketones is 1. The van der Waals surface area contributed by atoms with Crippen LogP contribution in [0.5, 0.6) is 5.75 Å². The number of hydrogen-bond donors (Lipinski definition) is 1. The molecule has 1 aliphatic heterocycles. The number of thiazole rings is 1. The number of rotatable bonds is 5. The Morgan fingerprint density at radius 2 is 1.70 bits per heavy atom. The molecular weight excluding hydrogens is 486 g/mol. The molecule has 1 N–H and O–H groups in total. The molecule has 2 heterocycles. The van der Waals surface area contributed by atoms with Gasteiger partial charge < -0.3 is 14.7 Å². The molecule has 4 aromatic rings. The summed E-state index contributed by atoms with van der Waals surface area (Å²) in [5, 5.41) is 11.8. The molecule has 1 unspecified atom stereocenters. The lowest BCUT2D eigenvalue weighted by molar-refractivity contribution is -0.132. The molecule has 0 spiro atoms. The van der Waals surface area contributed by atoms with Gasteiger partial charge in [-0.25, -0.2) is 4.98 Å². The Bertz CT molecular complexity index is 1550. The van der Waals surface area contributed by atoms with Crippen LogP contribution in [0.25, 0.3) is 16.0 Å². The van der Waals surface area contributed by atoms with Crippen LogP contribution in [0.3, 0.4) is 0 Å². The number of carbonyl (C=O) groups is 2. The van der Waals surface area contributed by atoms with Gasteiger partial charge in [0.2, 0.25) is 0 Å². The molecular formula is C29H27N3O4S. The van der Waals surface area contributed by atoms with E-state index in [4.69, 9.17) is 9.72 Å². The van der Waals surface area contributed by atoms with Crippen LogP contribution in [0.2, 0.25) is 0 Å². The first-order chi connectivity index (χ1) is 17.7. The fourth-order valence-electron chi connectivity index (χ4n) is 4.67. The highest BCUT2D eigenvalue weighted by Crippen LogP contribution is 2.45. The Kier molecular flexibility index (Phi) is 6.21. The van der Waals surface area contributed by atoms with Gasteiger partial charge >= 0.3 is 5.91 Å². The summed E-state index contributed by atoms with van der Waals surface area (Å²) in [4.78, 5) is 35.1. The van der Waals surface area contributed by atoms with Crippen LogP contribution in [0.4, 0.5) is 10.8 Å². The van der Waals surface area contributed by atoms with Crippen LogP contribution >= 0.6 is 11.3 Å². The molecule has 0 radical (unpaired) electrons. The number of ether oxygens (including phenoxy) is 1. The first-order valence-electron chi connectivity index (χ1n) is 11.8. The average molecular weight is 514 g/mol. The van der Waals surface area contributed by atoms with Crippen molar-refractivity contribution in [1.29, 1.82) is 0 Å². The maximum Gasteiger partial charge on any atom is 0.301 e. The minimum Gasteiger partial charge on any atom is -0.507 e. The number of nitrogens with zero attached hydrogens (tertiary/aromatic N) is 3. The van der Waals surface area contributed by atoms with E-state index < -0.39 is 17.7 Å². The van der Waals surface area contributed by atoms with Crippen molar-refractivity contribution in [1.82, 2.24) is 4.98 Å². The molecule has 1 aromatic heterocycles. The van der Waals surface area contributed by atoms with E-state index in [1.54, 1.807) is 31.4 Å². The number of amides is 1. The van der Waals surface area contributed by atoms with E-state index in [9.17, 15) is 14.7 Å². The molecule has 188 valence electrons. The average Bonchev–Trinajstić information content (AvgIpc) is 3.42. The van der Waals surface area contributed by atoms with Crippen LogP contribution in [0.1, 0.15) is 28.3 Å². The summed E-state index contributed by atoms with van der Waals surface area (Å²) in [6, 6.07) is 17.6. The largest absolute Gasteiger partial charge is 0.507 e. The van der Waals surface area contributed by atoms with Crippen molar-refractivity contribution < 1.29 is 19.4 Å². The topological polar surface area (TPSA) is 83.0 Å². The lowest BCUT2D eigenvalue weighted by atomic mass is 9.95. The van der Waals surface area contributed by atoms with Crippen LogP contribution in [0.15, 0.2) is 66.2 Å². The Hall–Kier alpha value is -4.17. The molecule has 1 aliphatic rings. The number of aryl methyl sites for hydroxylation is 2. The molecule has 3 aromatic carbocycles. The van der Waals surface area contributed by atoms with Crippen molar-refractivity contribution in [3.05, 3.63) is 88.5 Å². The second-order valence-electron chi connectivity index (χ2n) is 9.31.